The van der Waals surface area contributed by atoms with Gasteiger partial charge in [0.15, 0.2) is 6.29 Å². The summed E-state index contributed by atoms with van der Waals surface area (Å²) >= 11 is 5.53. The first-order chi connectivity index (χ1) is 4.74. The molecule has 2 nitrogen and oxygen atoms in total. The second-order valence-electron chi connectivity index (χ2n) is 1.82. The molecule has 0 aliphatic carbocycles. The van der Waals surface area contributed by atoms with E-state index in [1.165, 1.54) is 18.2 Å². The van der Waals surface area contributed by atoms with Crippen molar-refractivity contribution in [1.29, 1.82) is 0 Å². The third-order valence-electron chi connectivity index (χ3n) is 1.12. The van der Waals surface area contributed by atoms with Crippen LogP contribution < -0.4 is 0 Å². The molecule has 0 aliphatic heterocycles. The predicted octanol–water partition coefficient (Wildman–Crippen LogP) is 1.48. The number of phenols is 1. The van der Waals surface area contributed by atoms with Gasteiger partial charge in [0.2, 0.25) is 0 Å². The summed E-state index contributed by atoms with van der Waals surface area (Å²) in [5.41, 5.74) is 0.215. The molecule has 4 radical (unpaired) electrons. The van der Waals surface area contributed by atoms with E-state index >= 15 is 0 Å². The number of benzene rings is 1. The Morgan fingerprint density at radius 3 is 2.55 bits per heavy atom. The molecule has 1 rings (SSSR count). The summed E-state index contributed by atoms with van der Waals surface area (Å²) in [5, 5.41) is 9.39. The Kier molecular flexibility index (Phi) is 4.67. The summed E-state index contributed by atoms with van der Waals surface area (Å²) in [7, 11) is 0. The van der Waals surface area contributed by atoms with E-state index in [1.807, 2.05) is 0 Å². The molecule has 0 unspecified atom stereocenters. The van der Waals surface area contributed by atoms with Gasteiger partial charge in [0.25, 0.3) is 0 Å². The van der Waals surface area contributed by atoms with E-state index < -0.39 is 0 Å². The SMILES string of the molecule is O=Cc1cc(Cl)ccc1O.[Pb]. The monoisotopic (exact) mass is 364 g/mol. The number of carbonyl (C=O) groups is 1. The Morgan fingerprint density at radius 1 is 1.45 bits per heavy atom. The number of phenolic OH excluding ortho intramolecular Hbond substituents is 1. The van der Waals surface area contributed by atoms with Gasteiger partial charge in [-0.05, 0) is 18.2 Å². The van der Waals surface area contributed by atoms with Gasteiger partial charge in [-0.3, -0.25) is 4.79 Å². The van der Waals surface area contributed by atoms with E-state index in [0.717, 1.165) is 0 Å². The second-order valence-corrected chi connectivity index (χ2v) is 2.26. The molecule has 0 saturated heterocycles. The topological polar surface area (TPSA) is 37.3 Å². The number of carbonyl (C=O) groups excluding carboxylic acids is 1. The molecule has 0 spiro atoms. The quantitative estimate of drug-likeness (QED) is 0.606. The van der Waals surface area contributed by atoms with Crippen LogP contribution in [0.15, 0.2) is 18.2 Å². The van der Waals surface area contributed by atoms with Gasteiger partial charge in [-0.2, -0.15) is 0 Å². The zero-order valence-corrected chi connectivity index (χ0v) is 10.2. The molecule has 1 aromatic rings. The van der Waals surface area contributed by atoms with E-state index in [0.29, 0.717) is 11.3 Å². The molecule has 0 aliphatic rings. The van der Waals surface area contributed by atoms with Crippen LogP contribution in [-0.2, 0) is 0 Å². The van der Waals surface area contributed by atoms with Gasteiger partial charge in [-0.25, -0.2) is 0 Å². The van der Waals surface area contributed by atoms with Gasteiger partial charge in [0.05, 0.1) is 5.56 Å². The standard InChI is InChI=1S/C7H5ClO2.Pb/c8-6-1-2-7(10)5(3-6)4-9;/h1-4,10H;. The Bertz CT molecular complexity index is 263. The number of hydrogen-bond acceptors (Lipinski definition) is 2. The van der Waals surface area contributed by atoms with E-state index in [1.54, 1.807) is 0 Å². The smallest absolute Gasteiger partial charge is 0.153 e. The molecule has 0 aromatic heterocycles. The Labute approximate surface area is 89.3 Å². The molecule has 56 valence electrons. The van der Waals surface area contributed by atoms with Gasteiger partial charge in [0.1, 0.15) is 5.75 Å². The molecular formula is C7H5ClO2Pb. The molecule has 1 aromatic carbocycles. The van der Waals surface area contributed by atoms with Crippen molar-refractivity contribution < 1.29 is 9.90 Å². The third-order valence-corrected chi connectivity index (χ3v) is 1.35. The first kappa shape index (κ1) is 10.9. The summed E-state index contributed by atoms with van der Waals surface area (Å²) in [6, 6.07) is 4.31. The number of halogens is 1. The summed E-state index contributed by atoms with van der Waals surface area (Å²) in [5.74, 6) is -0.0422. The van der Waals surface area contributed by atoms with Gasteiger partial charge >= 0.3 is 0 Å². The Balaban J connectivity index is 0.000001000. The van der Waals surface area contributed by atoms with Crippen molar-refractivity contribution in [2.45, 2.75) is 0 Å². The number of aldehydes is 1. The van der Waals surface area contributed by atoms with Crippen molar-refractivity contribution >= 4 is 45.2 Å². The van der Waals surface area contributed by atoms with Crippen LogP contribution in [0.2, 0.25) is 5.02 Å². The van der Waals surface area contributed by atoms with Crippen LogP contribution in [0, 0.1) is 0 Å². The van der Waals surface area contributed by atoms with E-state index in [4.69, 9.17) is 16.7 Å². The van der Waals surface area contributed by atoms with Gasteiger partial charge in [-0.15, -0.1) is 0 Å². The van der Waals surface area contributed by atoms with E-state index in [-0.39, 0.29) is 38.6 Å². The minimum atomic E-state index is -0.0422. The van der Waals surface area contributed by atoms with E-state index in [2.05, 4.69) is 0 Å². The zero-order chi connectivity index (χ0) is 7.56. The summed E-state index contributed by atoms with van der Waals surface area (Å²) < 4.78 is 0. The maximum absolute atomic E-state index is 10.2. The van der Waals surface area contributed by atoms with Crippen LogP contribution in [0.25, 0.3) is 0 Å². The van der Waals surface area contributed by atoms with Crippen molar-refractivity contribution in [2.75, 3.05) is 0 Å². The van der Waals surface area contributed by atoms with Crippen LogP contribution in [0.3, 0.4) is 0 Å². The first-order valence-corrected chi connectivity index (χ1v) is 3.05. The van der Waals surface area contributed by atoms with Gasteiger partial charge in [0, 0.05) is 32.3 Å². The van der Waals surface area contributed by atoms with Crippen LogP contribution in [0.4, 0.5) is 0 Å². The average Bonchev–Trinajstić information content (AvgIpc) is 1.94. The number of aromatic hydroxyl groups is 1. The van der Waals surface area contributed by atoms with Crippen LogP contribution >= 0.6 is 11.6 Å². The Hall–Kier alpha value is -0.0979. The molecule has 0 saturated carbocycles. The van der Waals surface area contributed by atoms with Crippen molar-refractivity contribution in [2.24, 2.45) is 0 Å². The maximum Gasteiger partial charge on any atom is 0.153 e. The molecule has 0 fully saturated rings. The van der Waals surface area contributed by atoms with E-state index in [9.17, 15) is 4.79 Å². The first-order valence-electron chi connectivity index (χ1n) is 2.68. The number of rotatable bonds is 1. The largest absolute Gasteiger partial charge is 0.507 e. The average molecular weight is 364 g/mol. The van der Waals surface area contributed by atoms with Crippen molar-refractivity contribution in [1.82, 2.24) is 0 Å². The molecule has 11 heavy (non-hydrogen) atoms. The molecular weight excluding hydrogens is 359 g/mol. The third kappa shape index (κ3) is 2.78. The van der Waals surface area contributed by atoms with Gasteiger partial charge < -0.3 is 5.11 Å². The molecule has 4 heteroatoms. The minimum absolute atomic E-state index is 0. The predicted molar refractivity (Wildman–Crippen MR) is 44.3 cm³/mol. The molecule has 1 N–H and O–H groups in total. The van der Waals surface area contributed by atoms with Crippen LogP contribution in [0.1, 0.15) is 10.4 Å². The Morgan fingerprint density at radius 2 is 2.09 bits per heavy atom. The normalized spacial score (nSPS) is 8.45. The molecule has 0 amide bonds. The fourth-order valence-electron chi connectivity index (χ4n) is 0.620. The summed E-state index contributed by atoms with van der Waals surface area (Å²) in [4.78, 5) is 10.2. The fraction of sp³-hybridized carbons (Fsp3) is 0. The molecule has 0 atom stereocenters. The van der Waals surface area contributed by atoms with Crippen molar-refractivity contribution in [3.8, 4) is 5.75 Å². The summed E-state index contributed by atoms with van der Waals surface area (Å²) in [6.45, 7) is 0. The molecule has 0 heterocycles. The van der Waals surface area contributed by atoms with Crippen LogP contribution in [0.5, 0.6) is 5.75 Å². The van der Waals surface area contributed by atoms with Crippen LogP contribution in [-0.4, -0.2) is 38.7 Å². The number of hydrogen-bond donors (Lipinski definition) is 1. The maximum atomic E-state index is 10.2. The molecule has 0 bridgehead atoms. The summed E-state index contributed by atoms with van der Waals surface area (Å²) in [6.07, 6.45) is 0.557. The second kappa shape index (κ2) is 4.71. The van der Waals surface area contributed by atoms with Crippen molar-refractivity contribution in [3.63, 3.8) is 0 Å². The zero-order valence-electron chi connectivity index (χ0n) is 5.54. The fourth-order valence-corrected chi connectivity index (χ4v) is 0.800. The minimum Gasteiger partial charge on any atom is -0.507 e. The van der Waals surface area contributed by atoms with Crippen molar-refractivity contribution in [3.05, 3.63) is 28.8 Å². The van der Waals surface area contributed by atoms with Gasteiger partial charge in [-0.1, -0.05) is 11.6 Å².